The third-order valence-corrected chi connectivity index (χ3v) is 2.28. The third kappa shape index (κ3) is 2.61. The van der Waals surface area contributed by atoms with Gasteiger partial charge >= 0.3 is 0 Å². The summed E-state index contributed by atoms with van der Waals surface area (Å²) in [5.74, 6) is 1.21. The third-order valence-electron chi connectivity index (χ3n) is 1.76. The lowest BCUT2D eigenvalue weighted by atomic mass is 10.3. The van der Waals surface area contributed by atoms with Crippen LogP contribution in [0, 0.1) is 0 Å². The highest BCUT2D eigenvalue weighted by Crippen LogP contribution is 2.29. The number of benzene rings is 1. The Balaban J connectivity index is 2.26. The standard InChI is InChI=1S/C11H7Cl2NO/c12-9-3-1-2-4-10(9)15-8-5-6-14-11(13)7-8/h1-7H. The van der Waals surface area contributed by atoms with Gasteiger partial charge in [0.2, 0.25) is 0 Å². The van der Waals surface area contributed by atoms with Gasteiger partial charge in [0.25, 0.3) is 0 Å². The molecule has 1 aromatic heterocycles. The number of hydrogen-bond donors (Lipinski definition) is 0. The fourth-order valence-corrected chi connectivity index (χ4v) is 1.44. The van der Waals surface area contributed by atoms with Crippen LogP contribution >= 0.6 is 23.2 Å². The molecule has 0 unspecified atom stereocenters. The molecule has 0 aliphatic carbocycles. The summed E-state index contributed by atoms with van der Waals surface area (Å²) in [6.07, 6.45) is 1.58. The molecule has 0 amide bonds. The van der Waals surface area contributed by atoms with E-state index in [0.717, 1.165) is 0 Å². The Kier molecular flexibility index (Phi) is 3.09. The summed E-state index contributed by atoms with van der Waals surface area (Å²) >= 11 is 11.7. The number of hydrogen-bond acceptors (Lipinski definition) is 2. The second-order valence-electron chi connectivity index (χ2n) is 2.85. The number of pyridine rings is 1. The minimum Gasteiger partial charge on any atom is -0.456 e. The molecule has 2 rings (SSSR count). The van der Waals surface area contributed by atoms with Crippen molar-refractivity contribution < 1.29 is 4.74 Å². The Hall–Kier alpha value is -1.25. The molecule has 2 nitrogen and oxygen atoms in total. The second-order valence-corrected chi connectivity index (χ2v) is 3.64. The highest BCUT2D eigenvalue weighted by atomic mass is 35.5. The lowest BCUT2D eigenvalue weighted by molar-refractivity contribution is 0.482. The molecule has 0 spiro atoms. The van der Waals surface area contributed by atoms with Crippen LogP contribution in [0.25, 0.3) is 0 Å². The monoisotopic (exact) mass is 239 g/mol. The van der Waals surface area contributed by atoms with E-state index in [1.807, 2.05) is 12.1 Å². The van der Waals surface area contributed by atoms with Gasteiger partial charge in [-0.15, -0.1) is 0 Å². The van der Waals surface area contributed by atoms with Gasteiger partial charge in [0.1, 0.15) is 16.7 Å². The van der Waals surface area contributed by atoms with Crippen LogP contribution in [0.1, 0.15) is 0 Å². The van der Waals surface area contributed by atoms with Crippen molar-refractivity contribution in [1.82, 2.24) is 4.98 Å². The van der Waals surface area contributed by atoms with Crippen molar-refractivity contribution in [2.24, 2.45) is 0 Å². The zero-order valence-electron chi connectivity index (χ0n) is 7.65. The van der Waals surface area contributed by atoms with E-state index in [-0.39, 0.29) is 0 Å². The number of aromatic nitrogens is 1. The number of nitrogens with zero attached hydrogens (tertiary/aromatic N) is 1. The zero-order chi connectivity index (χ0) is 10.7. The summed E-state index contributed by atoms with van der Waals surface area (Å²) in [4.78, 5) is 3.86. The van der Waals surface area contributed by atoms with Crippen molar-refractivity contribution in [2.75, 3.05) is 0 Å². The van der Waals surface area contributed by atoms with E-state index < -0.39 is 0 Å². The molecule has 0 bridgehead atoms. The lowest BCUT2D eigenvalue weighted by Crippen LogP contribution is -1.85. The van der Waals surface area contributed by atoms with E-state index in [0.29, 0.717) is 21.7 Å². The molecule has 0 radical (unpaired) electrons. The first-order valence-corrected chi connectivity index (χ1v) is 5.05. The van der Waals surface area contributed by atoms with E-state index in [2.05, 4.69) is 4.98 Å². The number of rotatable bonds is 2. The zero-order valence-corrected chi connectivity index (χ0v) is 9.16. The van der Waals surface area contributed by atoms with Crippen LogP contribution in [0.15, 0.2) is 42.6 Å². The molecule has 15 heavy (non-hydrogen) atoms. The predicted octanol–water partition coefficient (Wildman–Crippen LogP) is 4.18. The molecule has 1 aromatic carbocycles. The molecule has 0 N–H and O–H groups in total. The lowest BCUT2D eigenvalue weighted by Gasteiger charge is -2.06. The van der Waals surface area contributed by atoms with E-state index in [1.54, 1.807) is 30.5 Å². The summed E-state index contributed by atoms with van der Waals surface area (Å²) in [7, 11) is 0. The molecule has 0 saturated heterocycles. The first kappa shape index (κ1) is 10.3. The maximum atomic E-state index is 5.94. The summed E-state index contributed by atoms with van der Waals surface area (Å²) in [6.45, 7) is 0. The molecule has 0 fully saturated rings. The molecule has 0 aliphatic heterocycles. The largest absolute Gasteiger partial charge is 0.456 e. The first-order chi connectivity index (χ1) is 7.25. The SMILES string of the molecule is Clc1cc(Oc2ccccc2Cl)ccn1. The van der Waals surface area contributed by atoms with Crippen molar-refractivity contribution in [3.05, 3.63) is 52.8 Å². The summed E-state index contributed by atoms with van der Waals surface area (Å²) in [5, 5.41) is 0.949. The molecular weight excluding hydrogens is 233 g/mol. The van der Waals surface area contributed by atoms with E-state index in [9.17, 15) is 0 Å². The van der Waals surface area contributed by atoms with Crippen LogP contribution in [0.3, 0.4) is 0 Å². The maximum Gasteiger partial charge on any atom is 0.146 e. The topological polar surface area (TPSA) is 22.1 Å². The Morgan fingerprint density at radius 3 is 2.60 bits per heavy atom. The summed E-state index contributed by atoms with van der Waals surface area (Å²) in [6, 6.07) is 10.6. The van der Waals surface area contributed by atoms with Gasteiger partial charge in [-0.2, -0.15) is 0 Å². The first-order valence-electron chi connectivity index (χ1n) is 4.29. The van der Waals surface area contributed by atoms with Crippen molar-refractivity contribution >= 4 is 23.2 Å². The number of ether oxygens (including phenoxy) is 1. The minimum atomic E-state index is 0.388. The Labute approximate surface area is 97.4 Å². The highest BCUT2D eigenvalue weighted by Gasteiger charge is 2.02. The summed E-state index contributed by atoms with van der Waals surface area (Å²) in [5.41, 5.74) is 0. The average molecular weight is 240 g/mol. The fourth-order valence-electron chi connectivity index (χ4n) is 1.10. The molecule has 4 heteroatoms. The van der Waals surface area contributed by atoms with Crippen molar-refractivity contribution in [1.29, 1.82) is 0 Å². The molecular formula is C11H7Cl2NO. The number of halogens is 2. The van der Waals surface area contributed by atoms with Crippen LogP contribution in [-0.4, -0.2) is 4.98 Å². The molecule has 0 aliphatic rings. The van der Waals surface area contributed by atoms with Gasteiger partial charge < -0.3 is 4.74 Å². The smallest absolute Gasteiger partial charge is 0.146 e. The normalized spacial score (nSPS) is 10.0. The quantitative estimate of drug-likeness (QED) is 0.734. The highest BCUT2D eigenvalue weighted by molar-refractivity contribution is 6.32. The van der Waals surface area contributed by atoms with Gasteiger partial charge in [-0.05, 0) is 18.2 Å². The minimum absolute atomic E-state index is 0.388. The van der Waals surface area contributed by atoms with Crippen molar-refractivity contribution in [3.63, 3.8) is 0 Å². The molecule has 0 atom stereocenters. The van der Waals surface area contributed by atoms with E-state index in [1.165, 1.54) is 0 Å². The van der Waals surface area contributed by atoms with Crippen LogP contribution in [0.4, 0.5) is 0 Å². The summed E-state index contributed by atoms with van der Waals surface area (Å²) < 4.78 is 5.53. The van der Waals surface area contributed by atoms with Crippen LogP contribution in [-0.2, 0) is 0 Å². The average Bonchev–Trinajstić information content (AvgIpc) is 2.22. The molecule has 1 heterocycles. The Bertz CT molecular complexity index is 474. The fraction of sp³-hybridized carbons (Fsp3) is 0. The van der Waals surface area contributed by atoms with Crippen LogP contribution in [0.2, 0.25) is 10.2 Å². The Morgan fingerprint density at radius 2 is 1.87 bits per heavy atom. The molecule has 76 valence electrons. The van der Waals surface area contributed by atoms with E-state index in [4.69, 9.17) is 27.9 Å². The number of para-hydroxylation sites is 1. The van der Waals surface area contributed by atoms with Gasteiger partial charge in [-0.3, -0.25) is 0 Å². The van der Waals surface area contributed by atoms with Gasteiger partial charge in [-0.1, -0.05) is 35.3 Å². The van der Waals surface area contributed by atoms with Crippen LogP contribution < -0.4 is 4.74 Å². The van der Waals surface area contributed by atoms with Gasteiger partial charge in [0, 0.05) is 12.3 Å². The maximum absolute atomic E-state index is 5.94. The van der Waals surface area contributed by atoms with Crippen molar-refractivity contribution in [3.8, 4) is 11.5 Å². The van der Waals surface area contributed by atoms with E-state index >= 15 is 0 Å². The van der Waals surface area contributed by atoms with Gasteiger partial charge in [0.15, 0.2) is 0 Å². The second kappa shape index (κ2) is 4.51. The van der Waals surface area contributed by atoms with Crippen molar-refractivity contribution in [2.45, 2.75) is 0 Å². The Morgan fingerprint density at radius 1 is 1.07 bits per heavy atom. The molecule has 0 saturated carbocycles. The molecule has 2 aromatic rings. The predicted molar refractivity (Wildman–Crippen MR) is 60.8 cm³/mol. The van der Waals surface area contributed by atoms with Gasteiger partial charge in [-0.25, -0.2) is 4.98 Å². The van der Waals surface area contributed by atoms with Gasteiger partial charge in [0.05, 0.1) is 5.02 Å². The van der Waals surface area contributed by atoms with Crippen LogP contribution in [0.5, 0.6) is 11.5 Å².